The SMILES string of the molecule is Cc1cc(SCC2=C(C(=O)O)N3C(=O)[C@@H](NC(=O)CSc4cc(Cl)ccc4Cl)[C@H]3SC2)cc(C)[n+]1CCCC[C@H](N)C(=O)O. The number of aromatic nitrogens is 1. The summed E-state index contributed by atoms with van der Waals surface area (Å²) in [6.45, 7) is 4.74. The van der Waals surface area contributed by atoms with Crippen molar-refractivity contribution in [1.29, 1.82) is 0 Å². The van der Waals surface area contributed by atoms with Gasteiger partial charge >= 0.3 is 11.9 Å². The summed E-state index contributed by atoms with van der Waals surface area (Å²) < 4.78 is 2.16. The molecule has 0 unspecified atom stereocenters. The van der Waals surface area contributed by atoms with Crippen molar-refractivity contribution in [2.45, 2.75) is 66.9 Å². The van der Waals surface area contributed by atoms with E-state index >= 15 is 0 Å². The monoisotopic (exact) mass is 699 g/mol. The van der Waals surface area contributed by atoms with Crippen LogP contribution in [-0.2, 0) is 25.7 Å². The third kappa shape index (κ3) is 8.24. The van der Waals surface area contributed by atoms with Crippen LogP contribution in [-0.4, -0.2) is 73.6 Å². The number of halogens is 2. The number of nitrogens with two attached hydrogens (primary N) is 1. The number of carboxylic acids is 2. The van der Waals surface area contributed by atoms with Gasteiger partial charge in [-0.1, -0.05) is 23.2 Å². The Labute approximate surface area is 278 Å². The number of carbonyl (C=O) groups excluding carboxylic acids is 2. The molecule has 0 radical (unpaired) electrons. The first-order valence-electron chi connectivity index (χ1n) is 13.8. The zero-order valence-corrected chi connectivity index (χ0v) is 28.0. The zero-order valence-electron chi connectivity index (χ0n) is 24.0. The lowest BCUT2D eigenvalue weighted by atomic mass is 10.0. The molecule has 2 aliphatic heterocycles. The molecule has 5 N–H and O–H groups in total. The van der Waals surface area contributed by atoms with Crippen molar-refractivity contribution in [3.63, 3.8) is 0 Å². The van der Waals surface area contributed by atoms with Crippen LogP contribution in [0.25, 0.3) is 0 Å². The standard InChI is InChI=1S/C29H32Cl2N4O6S3/c1-15-9-19(10-16(2)34(15)8-4-3-5-21(32)28(38)39)42-12-17-13-44-27-24(26(37)35(27)25(17)29(40)41)33-23(36)14-43-22-11-18(30)6-7-20(22)31/h6-7,9-11,21,24,27H,3-5,8,12-14,32H2,1-2H3,(H2-,33,36,38,39,40,41)/p+1/t21-,24+,27+/m0/s1. The maximum atomic E-state index is 13.1. The van der Waals surface area contributed by atoms with Gasteiger partial charge in [-0.2, -0.15) is 0 Å². The topological polar surface area (TPSA) is 154 Å². The number of aryl methyl sites for hydroxylation is 2. The maximum Gasteiger partial charge on any atom is 0.352 e. The minimum atomic E-state index is -1.17. The number of rotatable bonds is 14. The molecule has 0 bridgehead atoms. The van der Waals surface area contributed by atoms with Gasteiger partial charge in [0, 0.05) is 58.7 Å². The predicted octanol–water partition coefficient (Wildman–Crippen LogP) is 4.10. The molecule has 4 rings (SSSR count). The number of pyridine rings is 1. The number of nitrogens with one attached hydrogen (secondary N) is 1. The normalized spacial score (nSPS) is 18.5. The third-order valence-corrected chi connectivity index (χ3v) is 11.4. The van der Waals surface area contributed by atoms with Gasteiger partial charge in [-0.05, 0) is 36.6 Å². The fourth-order valence-corrected chi connectivity index (χ4v) is 8.86. The van der Waals surface area contributed by atoms with E-state index in [4.69, 9.17) is 34.0 Å². The highest BCUT2D eigenvalue weighted by atomic mass is 35.5. The summed E-state index contributed by atoms with van der Waals surface area (Å²) in [5.74, 6) is -2.12. The number of hydrogen-bond donors (Lipinski definition) is 4. The molecule has 0 aliphatic carbocycles. The van der Waals surface area contributed by atoms with Gasteiger partial charge < -0.3 is 21.3 Å². The van der Waals surface area contributed by atoms with Gasteiger partial charge in [0.05, 0.1) is 10.8 Å². The molecule has 15 heteroatoms. The van der Waals surface area contributed by atoms with Crippen LogP contribution in [0.4, 0.5) is 0 Å². The van der Waals surface area contributed by atoms with Crippen molar-refractivity contribution >= 4 is 82.2 Å². The Morgan fingerprint density at radius 3 is 2.50 bits per heavy atom. The molecule has 44 heavy (non-hydrogen) atoms. The third-order valence-electron chi connectivity index (χ3n) is 7.25. The van der Waals surface area contributed by atoms with Crippen LogP contribution in [0.15, 0.2) is 51.4 Å². The van der Waals surface area contributed by atoms with Crippen LogP contribution in [0.5, 0.6) is 0 Å². The molecular formula is C29H33Cl2N4O6S3+. The van der Waals surface area contributed by atoms with Crippen molar-refractivity contribution < 1.29 is 34.0 Å². The number of benzene rings is 1. The number of carboxylic acid groups (broad SMARTS) is 2. The molecular weight excluding hydrogens is 667 g/mol. The molecule has 2 aromatic rings. The van der Waals surface area contributed by atoms with E-state index in [1.54, 1.807) is 18.2 Å². The highest BCUT2D eigenvalue weighted by molar-refractivity contribution is 8.01. The Hall–Kier alpha value is -2.42. The van der Waals surface area contributed by atoms with Crippen LogP contribution in [0.1, 0.15) is 30.7 Å². The lowest BCUT2D eigenvalue weighted by molar-refractivity contribution is -0.709. The van der Waals surface area contributed by atoms with E-state index in [1.165, 1.54) is 40.2 Å². The molecule has 1 fully saturated rings. The summed E-state index contributed by atoms with van der Waals surface area (Å²) in [6, 6.07) is 7.39. The summed E-state index contributed by atoms with van der Waals surface area (Å²) >= 11 is 16.3. The summed E-state index contributed by atoms with van der Waals surface area (Å²) in [7, 11) is 0. The van der Waals surface area contributed by atoms with Crippen LogP contribution in [0, 0.1) is 13.8 Å². The first kappa shape index (κ1) is 34.5. The van der Waals surface area contributed by atoms with Crippen molar-refractivity contribution in [2.24, 2.45) is 5.73 Å². The van der Waals surface area contributed by atoms with Crippen LogP contribution >= 0.6 is 58.5 Å². The average molecular weight is 701 g/mol. The Morgan fingerprint density at radius 2 is 1.84 bits per heavy atom. The second-order valence-electron chi connectivity index (χ2n) is 10.4. The van der Waals surface area contributed by atoms with Crippen LogP contribution in [0.2, 0.25) is 10.0 Å². The van der Waals surface area contributed by atoms with E-state index < -0.39 is 35.3 Å². The van der Waals surface area contributed by atoms with Gasteiger partial charge in [0.25, 0.3) is 5.91 Å². The first-order valence-corrected chi connectivity index (χ1v) is 17.5. The van der Waals surface area contributed by atoms with Crippen molar-refractivity contribution in [1.82, 2.24) is 10.2 Å². The summed E-state index contributed by atoms with van der Waals surface area (Å²) in [5, 5.41) is 22.2. The van der Waals surface area contributed by atoms with E-state index in [1.807, 2.05) is 26.0 Å². The van der Waals surface area contributed by atoms with Crippen molar-refractivity contribution in [3.05, 3.63) is 63.0 Å². The van der Waals surface area contributed by atoms with E-state index in [0.29, 0.717) is 44.9 Å². The number of β-lactam (4-membered cyclic amide) rings is 1. The minimum Gasteiger partial charge on any atom is -0.480 e. The van der Waals surface area contributed by atoms with Gasteiger partial charge in [0.15, 0.2) is 11.4 Å². The Balaban J connectivity index is 1.34. The lowest BCUT2D eigenvalue weighted by Crippen LogP contribution is -2.70. The van der Waals surface area contributed by atoms with Gasteiger partial charge in [-0.3, -0.25) is 19.3 Å². The second kappa shape index (κ2) is 15.2. The average Bonchev–Trinajstić information content (AvgIpc) is 2.97. The fourth-order valence-electron chi connectivity index (χ4n) is 4.99. The number of nitrogens with zero attached hydrogens (tertiary/aromatic N) is 2. The van der Waals surface area contributed by atoms with Crippen molar-refractivity contribution in [2.75, 3.05) is 17.3 Å². The van der Waals surface area contributed by atoms with Crippen molar-refractivity contribution in [3.8, 4) is 0 Å². The summed E-state index contributed by atoms with van der Waals surface area (Å²) in [4.78, 5) is 51.8. The molecule has 1 saturated heterocycles. The number of carbonyl (C=O) groups is 4. The number of thioether (sulfide) groups is 3. The second-order valence-corrected chi connectivity index (χ2v) is 14.4. The Kier molecular flexibility index (Phi) is 11.9. The highest BCUT2D eigenvalue weighted by Crippen LogP contribution is 2.42. The quantitative estimate of drug-likeness (QED) is 0.0981. The van der Waals surface area contributed by atoms with E-state index in [0.717, 1.165) is 29.2 Å². The van der Waals surface area contributed by atoms with Crippen LogP contribution < -0.4 is 15.6 Å². The van der Waals surface area contributed by atoms with E-state index in [2.05, 4.69) is 9.88 Å². The van der Waals surface area contributed by atoms with Gasteiger partial charge in [0.2, 0.25) is 5.91 Å². The highest BCUT2D eigenvalue weighted by Gasteiger charge is 2.54. The molecule has 3 heterocycles. The van der Waals surface area contributed by atoms with E-state index in [9.17, 15) is 24.3 Å². The Bertz CT molecular complexity index is 1480. The minimum absolute atomic E-state index is 0.0177. The first-order chi connectivity index (χ1) is 20.9. The smallest absolute Gasteiger partial charge is 0.352 e. The molecule has 236 valence electrons. The zero-order chi connectivity index (χ0) is 32.1. The number of hydrogen-bond acceptors (Lipinski definition) is 8. The van der Waals surface area contributed by atoms with Gasteiger partial charge in [0.1, 0.15) is 29.7 Å². The predicted molar refractivity (Wildman–Crippen MR) is 173 cm³/mol. The molecule has 1 aromatic carbocycles. The Morgan fingerprint density at radius 1 is 1.14 bits per heavy atom. The number of aliphatic carboxylic acids is 2. The molecule has 0 saturated carbocycles. The largest absolute Gasteiger partial charge is 0.480 e. The van der Waals surface area contributed by atoms with Gasteiger partial charge in [-0.25, -0.2) is 9.36 Å². The number of unbranched alkanes of at least 4 members (excludes halogenated alkanes) is 1. The van der Waals surface area contributed by atoms with Gasteiger partial charge in [-0.15, -0.1) is 35.3 Å². The number of amides is 2. The fraction of sp³-hybridized carbons (Fsp3) is 0.414. The van der Waals surface area contributed by atoms with Crippen LogP contribution in [0.3, 0.4) is 0 Å². The lowest BCUT2D eigenvalue weighted by Gasteiger charge is -2.49. The molecule has 10 nitrogen and oxygen atoms in total. The molecule has 2 amide bonds. The molecule has 2 aliphatic rings. The summed E-state index contributed by atoms with van der Waals surface area (Å²) in [6.07, 6.45) is 1.93. The molecule has 0 spiro atoms. The summed E-state index contributed by atoms with van der Waals surface area (Å²) in [5.41, 5.74) is 8.29. The maximum absolute atomic E-state index is 13.1. The molecule has 1 aromatic heterocycles. The number of fused-ring (bicyclic) bond motifs is 1. The molecule has 3 atom stereocenters. The van der Waals surface area contributed by atoms with E-state index in [-0.39, 0.29) is 17.4 Å².